The molecule has 0 amide bonds. The van der Waals surface area contributed by atoms with E-state index in [1.54, 1.807) is 4.57 Å². The Bertz CT molecular complexity index is 544. The molecule has 0 N–H and O–H groups in total. The summed E-state index contributed by atoms with van der Waals surface area (Å²) in [6, 6.07) is 0. The molecule has 0 bridgehead atoms. The molecular formula is C9H14N4O7S-2. The minimum atomic E-state index is -5.17. The Balaban J connectivity index is 0.000000383. The summed E-state index contributed by atoms with van der Waals surface area (Å²) in [4.78, 5) is 16.2. The Hall–Kier alpha value is -1.60. The molecule has 2 heterocycles. The van der Waals surface area contributed by atoms with Crippen molar-refractivity contribution < 1.29 is 27.2 Å². The molecule has 1 aromatic rings. The molecule has 0 unspecified atom stereocenters. The smallest absolute Gasteiger partial charge is 0.342 e. The van der Waals surface area contributed by atoms with Gasteiger partial charge in [-0.25, -0.2) is 9.55 Å². The third kappa shape index (κ3) is 7.67. The highest BCUT2D eigenvalue weighted by atomic mass is 32.3. The molecule has 0 radical (unpaired) electrons. The Kier molecular flexibility index (Phi) is 6.64. The zero-order valence-corrected chi connectivity index (χ0v) is 11.8. The van der Waals surface area contributed by atoms with Crippen molar-refractivity contribution >= 4 is 16.2 Å². The van der Waals surface area contributed by atoms with Crippen LogP contribution in [-0.4, -0.2) is 69.7 Å². The van der Waals surface area contributed by atoms with Crippen LogP contribution in [0.4, 0.5) is 5.82 Å². The third-order valence-corrected chi connectivity index (χ3v) is 2.64. The van der Waals surface area contributed by atoms with E-state index < -0.39 is 15.3 Å². The molecule has 0 spiro atoms. The minimum absolute atomic E-state index is 0.0493. The van der Waals surface area contributed by atoms with Crippen molar-refractivity contribution in [2.24, 2.45) is 0 Å². The Morgan fingerprint density at radius 2 is 1.86 bits per heavy atom. The van der Waals surface area contributed by atoms with E-state index in [0.29, 0.717) is 6.54 Å². The summed E-state index contributed by atoms with van der Waals surface area (Å²) >= 11 is 0. The first-order valence-electron chi connectivity index (χ1n) is 5.88. The lowest BCUT2D eigenvalue weighted by atomic mass is 10.4. The van der Waals surface area contributed by atoms with Crippen LogP contribution in [0.5, 0.6) is 0 Å². The van der Waals surface area contributed by atoms with Gasteiger partial charge in [0.25, 0.3) is 0 Å². The van der Waals surface area contributed by atoms with Crippen molar-refractivity contribution in [3.05, 3.63) is 22.6 Å². The lowest BCUT2D eigenvalue weighted by Crippen LogP contribution is -2.38. The van der Waals surface area contributed by atoms with Gasteiger partial charge < -0.3 is 24.0 Å². The van der Waals surface area contributed by atoms with Gasteiger partial charge in [-0.05, 0) is 4.92 Å². The van der Waals surface area contributed by atoms with E-state index in [9.17, 15) is 10.1 Å². The van der Waals surface area contributed by atoms with E-state index in [2.05, 4.69) is 9.88 Å². The zero-order chi connectivity index (χ0) is 15.9. The second kappa shape index (κ2) is 7.99. The van der Waals surface area contributed by atoms with E-state index in [1.807, 2.05) is 0 Å². The van der Waals surface area contributed by atoms with E-state index in [-0.39, 0.29) is 5.82 Å². The van der Waals surface area contributed by atoms with Crippen LogP contribution in [0.15, 0.2) is 12.5 Å². The minimum Gasteiger partial charge on any atom is -0.759 e. The molecule has 1 saturated heterocycles. The maximum absolute atomic E-state index is 10.6. The first-order valence-corrected chi connectivity index (χ1v) is 7.22. The summed E-state index contributed by atoms with van der Waals surface area (Å²) < 4.78 is 40.9. The predicted molar refractivity (Wildman–Crippen MR) is 66.6 cm³/mol. The number of ether oxygens (including phenoxy) is 1. The number of nitro groups is 1. The fourth-order valence-electron chi connectivity index (χ4n) is 1.71. The van der Waals surface area contributed by atoms with E-state index in [4.69, 9.17) is 22.3 Å². The lowest BCUT2D eigenvalue weighted by Gasteiger charge is -2.25. The quantitative estimate of drug-likeness (QED) is 0.287. The van der Waals surface area contributed by atoms with Crippen LogP contribution in [-0.2, 0) is 21.7 Å². The number of morpholine rings is 1. The Morgan fingerprint density at radius 3 is 2.38 bits per heavy atom. The molecule has 0 aromatic carbocycles. The molecular weight excluding hydrogens is 308 g/mol. The summed E-state index contributed by atoms with van der Waals surface area (Å²) in [6.45, 7) is 4.65. The number of imidazole rings is 1. The van der Waals surface area contributed by atoms with Gasteiger partial charge in [0, 0.05) is 30.0 Å². The zero-order valence-electron chi connectivity index (χ0n) is 11.0. The third-order valence-electron chi connectivity index (χ3n) is 2.64. The predicted octanol–water partition coefficient (Wildman–Crippen LogP) is -1.21. The van der Waals surface area contributed by atoms with Crippen molar-refractivity contribution in [1.29, 1.82) is 0 Å². The topological polar surface area (TPSA) is 154 Å². The molecule has 1 aromatic heterocycles. The summed E-state index contributed by atoms with van der Waals surface area (Å²) in [5.41, 5.74) is 0. The Morgan fingerprint density at radius 1 is 1.29 bits per heavy atom. The van der Waals surface area contributed by atoms with Gasteiger partial charge in [-0.1, -0.05) is 0 Å². The second-order valence-electron chi connectivity index (χ2n) is 4.06. The number of hydrogen-bond donors (Lipinski definition) is 0. The van der Waals surface area contributed by atoms with E-state index in [0.717, 1.165) is 32.8 Å². The number of hydrogen-bond acceptors (Lipinski definition) is 9. The van der Waals surface area contributed by atoms with Crippen molar-refractivity contribution in [2.75, 3.05) is 32.8 Å². The molecule has 21 heavy (non-hydrogen) atoms. The van der Waals surface area contributed by atoms with Crippen molar-refractivity contribution in [3.8, 4) is 0 Å². The summed E-state index contributed by atoms with van der Waals surface area (Å²) in [6.07, 6.45) is 2.78. The maximum atomic E-state index is 10.6. The van der Waals surface area contributed by atoms with E-state index in [1.165, 1.54) is 12.5 Å². The normalized spacial score (nSPS) is 16.1. The van der Waals surface area contributed by atoms with Gasteiger partial charge in [0.15, 0.2) is 6.33 Å². The lowest BCUT2D eigenvalue weighted by molar-refractivity contribution is -0.392. The average Bonchev–Trinajstić information content (AvgIpc) is 2.84. The van der Waals surface area contributed by atoms with Gasteiger partial charge in [-0.2, -0.15) is 0 Å². The highest BCUT2D eigenvalue weighted by Gasteiger charge is 2.15. The fourth-order valence-corrected chi connectivity index (χ4v) is 1.71. The SMILES string of the molecule is O=S(=O)([O-])[O-].O=[N+]([O-])c1cncn1CCN1CCOCC1. The first-order chi connectivity index (χ1) is 9.77. The van der Waals surface area contributed by atoms with Crippen LogP contribution >= 0.6 is 0 Å². The molecule has 120 valence electrons. The molecule has 2 rings (SSSR count). The summed E-state index contributed by atoms with van der Waals surface area (Å²) in [5.74, 6) is 0.0493. The van der Waals surface area contributed by atoms with Gasteiger partial charge in [0.2, 0.25) is 0 Å². The van der Waals surface area contributed by atoms with Crippen LogP contribution in [0.25, 0.3) is 0 Å². The molecule has 11 nitrogen and oxygen atoms in total. The van der Waals surface area contributed by atoms with Gasteiger partial charge in [-0.15, -0.1) is 0 Å². The average molecular weight is 322 g/mol. The molecule has 0 aliphatic carbocycles. The fraction of sp³-hybridized carbons (Fsp3) is 0.667. The highest BCUT2D eigenvalue weighted by molar-refractivity contribution is 7.79. The number of aromatic nitrogens is 2. The van der Waals surface area contributed by atoms with Gasteiger partial charge in [0.05, 0.1) is 13.2 Å². The van der Waals surface area contributed by atoms with Crippen LogP contribution in [0.2, 0.25) is 0 Å². The van der Waals surface area contributed by atoms with Crippen molar-refractivity contribution in [2.45, 2.75) is 6.54 Å². The van der Waals surface area contributed by atoms with E-state index >= 15 is 0 Å². The van der Waals surface area contributed by atoms with Crippen LogP contribution < -0.4 is 0 Å². The Labute approximate surface area is 120 Å². The number of rotatable bonds is 4. The summed E-state index contributed by atoms with van der Waals surface area (Å²) in [7, 11) is -5.17. The molecule has 12 heteroatoms. The molecule has 0 saturated carbocycles. The first kappa shape index (κ1) is 17.5. The molecule has 1 fully saturated rings. The highest BCUT2D eigenvalue weighted by Crippen LogP contribution is 2.09. The van der Waals surface area contributed by atoms with Crippen molar-refractivity contribution in [1.82, 2.24) is 14.5 Å². The van der Waals surface area contributed by atoms with Gasteiger partial charge >= 0.3 is 5.82 Å². The molecule has 1 aliphatic heterocycles. The summed E-state index contributed by atoms with van der Waals surface area (Å²) in [5, 5.41) is 10.6. The maximum Gasteiger partial charge on any atom is 0.342 e. The van der Waals surface area contributed by atoms with Gasteiger partial charge in [0.1, 0.15) is 12.7 Å². The standard InChI is InChI=1S/C9H14N4O3.H2O4S/c14-13(15)9-7-10-8-12(9)2-1-11-3-5-16-6-4-11;1-5(2,3)4/h7-8H,1-6H2;(H2,1,2,3,4)/p-2. The number of nitrogens with zero attached hydrogens (tertiary/aromatic N) is 4. The monoisotopic (exact) mass is 322 g/mol. The van der Waals surface area contributed by atoms with Crippen LogP contribution in [0.3, 0.4) is 0 Å². The second-order valence-corrected chi connectivity index (χ2v) is 4.88. The van der Waals surface area contributed by atoms with Crippen LogP contribution in [0, 0.1) is 10.1 Å². The van der Waals surface area contributed by atoms with Crippen molar-refractivity contribution in [3.63, 3.8) is 0 Å². The molecule has 1 aliphatic rings. The van der Waals surface area contributed by atoms with Gasteiger partial charge in [-0.3, -0.25) is 13.3 Å². The molecule has 0 atom stereocenters. The largest absolute Gasteiger partial charge is 0.759 e. The van der Waals surface area contributed by atoms with Crippen LogP contribution in [0.1, 0.15) is 0 Å².